The molecule has 0 aliphatic heterocycles. The van der Waals surface area contributed by atoms with Crippen LogP contribution in [0.3, 0.4) is 0 Å². The van der Waals surface area contributed by atoms with E-state index in [0.717, 1.165) is 19.3 Å². The van der Waals surface area contributed by atoms with Crippen molar-refractivity contribution in [1.29, 1.82) is 0 Å². The van der Waals surface area contributed by atoms with Crippen molar-refractivity contribution in [2.45, 2.75) is 37.8 Å². The number of thiophene rings is 1. The Balaban J connectivity index is 1.68. The minimum atomic E-state index is -0.445. The predicted molar refractivity (Wildman–Crippen MR) is 74.2 cm³/mol. The second kappa shape index (κ2) is 4.99. The molecule has 106 valence electrons. The first-order valence-electron chi connectivity index (χ1n) is 6.56. The number of amides is 1. The van der Waals surface area contributed by atoms with Gasteiger partial charge in [-0.05, 0) is 37.6 Å². The van der Waals surface area contributed by atoms with Gasteiger partial charge in [0.2, 0.25) is 5.89 Å². The third-order valence-corrected chi connectivity index (χ3v) is 4.46. The maximum Gasteiger partial charge on any atom is 0.261 e. The lowest BCUT2D eigenvalue weighted by Crippen LogP contribution is -2.44. The van der Waals surface area contributed by atoms with E-state index in [4.69, 9.17) is 10.3 Å². The molecule has 20 heavy (non-hydrogen) atoms. The molecule has 2 heterocycles. The second-order valence-corrected chi connectivity index (χ2v) is 6.09. The summed E-state index contributed by atoms with van der Waals surface area (Å²) in [7, 11) is 0. The number of aromatic nitrogens is 2. The predicted octanol–water partition coefficient (Wildman–Crippen LogP) is 1.96. The van der Waals surface area contributed by atoms with Crippen molar-refractivity contribution < 1.29 is 9.32 Å². The van der Waals surface area contributed by atoms with Crippen LogP contribution in [0.5, 0.6) is 0 Å². The van der Waals surface area contributed by atoms with Gasteiger partial charge in [-0.25, -0.2) is 0 Å². The summed E-state index contributed by atoms with van der Waals surface area (Å²) in [4.78, 5) is 16.9. The van der Waals surface area contributed by atoms with E-state index in [9.17, 15) is 4.79 Å². The SMILES string of the molecule is CC(NC(=O)c1cccs1)c1nc(C2(N)CCC2)no1. The quantitative estimate of drug-likeness (QED) is 0.898. The van der Waals surface area contributed by atoms with Gasteiger partial charge in [0.25, 0.3) is 5.91 Å². The number of hydrogen-bond acceptors (Lipinski definition) is 6. The molecule has 2 aromatic heterocycles. The molecule has 0 saturated heterocycles. The molecule has 1 aliphatic rings. The Labute approximate surface area is 120 Å². The maximum atomic E-state index is 11.9. The van der Waals surface area contributed by atoms with Crippen LogP contribution in [-0.2, 0) is 5.54 Å². The van der Waals surface area contributed by atoms with Crippen LogP contribution in [0.1, 0.15) is 53.6 Å². The van der Waals surface area contributed by atoms with Crippen LogP contribution in [0.4, 0.5) is 0 Å². The summed E-state index contributed by atoms with van der Waals surface area (Å²) in [6.45, 7) is 1.81. The smallest absolute Gasteiger partial charge is 0.261 e. The minimum absolute atomic E-state index is 0.140. The lowest BCUT2D eigenvalue weighted by atomic mass is 9.77. The Bertz CT molecular complexity index is 604. The van der Waals surface area contributed by atoms with Crippen molar-refractivity contribution in [3.63, 3.8) is 0 Å². The number of nitrogens with two attached hydrogens (primary N) is 1. The van der Waals surface area contributed by atoms with Crippen LogP contribution in [-0.4, -0.2) is 16.0 Å². The van der Waals surface area contributed by atoms with E-state index < -0.39 is 5.54 Å². The summed E-state index contributed by atoms with van der Waals surface area (Å²) < 4.78 is 5.21. The highest BCUT2D eigenvalue weighted by atomic mass is 32.1. The van der Waals surface area contributed by atoms with Gasteiger partial charge in [-0.15, -0.1) is 11.3 Å². The average molecular weight is 292 g/mol. The number of carbonyl (C=O) groups is 1. The van der Waals surface area contributed by atoms with Gasteiger partial charge >= 0.3 is 0 Å². The lowest BCUT2D eigenvalue weighted by molar-refractivity contribution is 0.0936. The third-order valence-electron chi connectivity index (χ3n) is 3.60. The molecule has 0 radical (unpaired) electrons. The van der Waals surface area contributed by atoms with Crippen LogP contribution in [0, 0.1) is 0 Å². The van der Waals surface area contributed by atoms with E-state index in [1.165, 1.54) is 11.3 Å². The molecule has 0 spiro atoms. The number of carbonyl (C=O) groups excluding carboxylic acids is 1. The maximum absolute atomic E-state index is 11.9. The van der Waals surface area contributed by atoms with E-state index >= 15 is 0 Å². The van der Waals surface area contributed by atoms with Gasteiger partial charge in [-0.3, -0.25) is 4.79 Å². The van der Waals surface area contributed by atoms with Crippen molar-refractivity contribution in [1.82, 2.24) is 15.5 Å². The fourth-order valence-electron chi connectivity index (χ4n) is 2.13. The Morgan fingerprint density at radius 2 is 2.40 bits per heavy atom. The van der Waals surface area contributed by atoms with Crippen LogP contribution in [0.15, 0.2) is 22.0 Å². The molecule has 1 saturated carbocycles. The van der Waals surface area contributed by atoms with Gasteiger partial charge in [-0.1, -0.05) is 11.2 Å². The third kappa shape index (κ3) is 2.34. The Hall–Kier alpha value is -1.73. The van der Waals surface area contributed by atoms with E-state index in [2.05, 4.69) is 15.5 Å². The molecule has 6 nitrogen and oxygen atoms in total. The zero-order valence-corrected chi connectivity index (χ0v) is 11.9. The van der Waals surface area contributed by atoms with Gasteiger partial charge in [0, 0.05) is 0 Å². The Morgan fingerprint density at radius 3 is 3.00 bits per heavy atom. The van der Waals surface area contributed by atoms with Crippen LogP contribution in [0.25, 0.3) is 0 Å². The van der Waals surface area contributed by atoms with Crippen LogP contribution >= 0.6 is 11.3 Å². The van der Waals surface area contributed by atoms with Crippen molar-refractivity contribution in [2.24, 2.45) is 5.73 Å². The standard InChI is InChI=1S/C13H16N4O2S/c1-8(15-10(18)9-4-2-7-20-9)11-16-12(17-19-11)13(14)5-3-6-13/h2,4,7-8H,3,5-6,14H2,1H3,(H,15,18). The first kappa shape index (κ1) is 13.3. The number of nitrogens with one attached hydrogen (secondary N) is 1. The molecule has 1 atom stereocenters. The molecule has 7 heteroatoms. The summed E-state index contributed by atoms with van der Waals surface area (Å²) in [5, 5.41) is 8.64. The topological polar surface area (TPSA) is 94.0 Å². The fraction of sp³-hybridized carbons (Fsp3) is 0.462. The van der Waals surface area contributed by atoms with Gasteiger partial charge in [-0.2, -0.15) is 4.98 Å². The summed E-state index contributed by atoms with van der Waals surface area (Å²) in [5.41, 5.74) is 5.70. The Kier molecular flexibility index (Phi) is 3.31. The van der Waals surface area contributed by atoms with E-state index in [1.54, 1.807) is 6.07 Å². The molecule has 0 aromatic carbocycles. The minimum Gasteiger partial charge on any atom is -0.340 e. The van der Waals surface area contributed by atoms with Gasteiger partial charge in [0.15, 0.2) is 5.82 Å². The van der Waals surface area contributed by atoms with E-state index in [0.29, 0.717) is 16.6 Å². The molecule has 1 aliphatic carbocycles. The largest absolute Gasteiger partial charge is 0.340 e. The molecular weight excluding hydrogens is 276 g/mol. The van der Waals surface area contributed by atoms with Crippen LogP contribution < -0.4 is 11.1 Å². The molecule has 3 rings (SSSR count). The highest BCUT2D eigenvalue weighted by molar-refractivity contribution is 7.12. The normalized spacial score (nSPS) is 18.3. The van der Waals surface area contributed by atoms with Crippen molar-refractivity contribution in [3.05, 3.63) is 34.1 Å². The van der Waals surface area contributed by atoms with Crippen molar-refractivity contribution in [3.8, 4) is 0 Å². The van der Waals surface area contributed by atoms with Crippen molar-refractivity contribution >= 4 is 17.2 Å². The zero-order valence-electron chi connectivity index (χ0n) is 11.1. The highest BCUT2D eigenvalue weighted by Gasteiger charge is 2.39. The monoisotopic (exact) mass is 292 g/mol. The fourth-order valence-corrected chi connectivity index (χ4v) is 2.76. The number of nitrogens with zero attached hydrogens (tertiary/aromatic N) is 2. The second-order valence-electron chi connectivity index (χ2n) is 5.14. The van der Waals surface area contributed by atoms with Crippen molar-refractivity contribution in [2.75, 3.05) is 0 Å². The number of hydrogen-bond donors (Lipinski definition) is 2. The molecule has 1 amide bonds. The van der Waals surface area contributed by atoms with Gasteiger partial charge in [0.05, 0.1) is 10.4 Å². The highest BCUT2D eigenvalue weighted by Crippen LogP contribution is 2.37. The molecule has 1 fully saturated rings. The summed E-state index contributed by atoms with van der Waals surface area (Å²) in [6.07, 6.45) is 2.84. The first-order valence-corrected chi connectivity index (χ1v) is 7.44. The van der Waals surface area contributed by atoms with E-state index in [-0.39, 0.29) is 11.9 Å². The van der Waals surface area contributed by atoms with Gasteiger partial charge in [0.1, 0.15) is 6.04 Å². The molecule has 0 bridgehead atoms. The lowest BCUT2D eigenvalue weighted by Gasteiger charge is -2.34. The summed E-state index contributed by atoms with van der Waals surface area (Å²) in [6, 6.07) is 3.27. The molecule has 1 unspecified atom stereocenters. The molecule has 2 aromatic rings. The van der Waals surface area contributed by atoms with Crippen LogP contribution in [0.2, 0.25) is 0 Å². The molecular formula is C13H16N4O2S. The zero-order chi connectivity index (χ0) is 14.2. The molecule has 3 N–H and O–H groups in total. The van der Waals surface area contributed by atoms with Gasteiger partial charge < -0.3 is 15.6 Å². The summed E-state index contributed by atoms with van der Waals surface area (Å²) in [5.74, 6) is 0.788. The van der Waals surface area contributed by atoms with E-state index in [1.807, 2.05) is 18.4 Å². The average Bonchev–Trinajstić information content (AvgIpc) is 3.06. The number of rotatable bonds is 4. The first-order chi connectivity index (χ1) is 9.58. The Morgan fingerprint density at radius 1 is 1.60 bits per heavy atom. The summed E-state index contributed by atoms with van der Waals surface area (Å²) >= 11 is 1.39.